The summed E-state index contributed by atoms with van der Waals surface area (Å²) in [6.45, 7) is 3.55. The lowest BCUT2D eigenvalue weighted by Crippen LogP contribution is -2.23. The highest BCUT2D eigenvalue weighted by Crippen LogP contribution is 2.34. The summed E-state index contributed by atoms with van der Waals surface area (Å²) >= 11 is 0. The van der Waals surface area contributed by atoms with Crippen molar-refractivity contribution >= 4 is 11.6 Å². The van der Waals surface area contributed by atoms with Gasteiger partial charge >= 0.3 is 0 Å². The average Bonchev–Trinajstić information content (AvgIpc) is 2.89. The third kappa shape index (κ3) is 9.13. The van der Waals surface area contributed by atoms with Gasteiger partial charge in [0.1, 0.15) is 12.4 Å². The van der Waals surface area contributed by atoms with Crippen molar-refractivity contribution in [2.75, 3.05) is 6.61 Å². The predicted molar refractivity (Wildman–Crippen MR) is 106 cm³/mol. The fraction of sp³-hybridized carbons (Fsp3) is 0.818. The van der Waals surface area contributed by atoms with Gasteiger partial charge in [-0.15, -0.1) is 0 Å². The first-order chi connectivity index (χ1) is 12.8. The molecule has 27 heavy (non-hydrogen) atoms. The average molecular weight is 383 g/mol. The first kappa shape index (κ1) is 24.0. The van der Waals surface area contributed by atoms with E-state index in [1.807, 2.05) is 19.1 Å². The summed E-state index contributed by atoms with van der Waals surface area (Å²) in [5.74, 6) is -0.291. The minimum Gasteiger partial charge on any atom is -0.392 e. The van der Waals surface area contributed by atoms with Gasteiger partial charge in [0, 0.05) is 24.7 Å². The Morgan fingerprint density at radius 2 is 1.93 bits per heavy atom. The van der Waals surface area contributed by atoms with Gasteiger partial charge in [-0.25, -0.2) is 0 Å². The van der Waals surface area contributed by atoms with Crippen molar-refractivity contribution in [3.8, 4) is 0 Å². The van der Waals surface area contributed by atoms with E-state index in [9.17, 15) is 19.8 Å². The molecule has 0 aliphatic heterocycles. The van der Waals surface area contributed by atoms with Crippen molar-refractivity contribution in [2.45, 2.75) is 96.2 Å². The van der Waals surface area contributed by atoms with Gasteiger partial charge in [-0.1, -0.05) is 51.2 Å². The van der Waals surface area contributed by atoms with Crippen molar-refractivity contribution in [1.29, 1.82) is 0 Å². The minimum absolute atomic E-state index is 0.121. The third-order valence-electron chi connectivity index (χ3n) is 5.61. The molecule has 0 radical (unpaired) electrons. The van der Waals surface area contributed by atoms with Gasteiger partial charge in [0.15, 0.2) is 5.78 Å². The smallest absolute Gasteiger partial charge is 0.158 e. The molecule has 0 aromatic rings. The molecule has 1 aliphatic rings. The van der Waals surface area contributed by atoms with Gasteiger partial charge in [0.2, 0.25) is 0 Å². The Morgan fingerprint density at radius 1 is 1.22 bits per heavy atom. The Bertz CT molecular complexity index is 483. The molecular weight excluding hydrogens is 344 g/mol. The monoisotopic (exact) mass is 382 g/mol. The number of carbonyl (C=O) groups is 2. The predicted octanol–water partition coefficient (Wildman–Crippen LogP) is 3.34. The van der Waals surface area contributed by atoms with E-state index in [0.29, 0.717) is 12.8 Å². The van der Waals surface area contributed by atoms with Crippen LogP contribution in [0.25, 0.3) is 0 Å². The van der Waals surface area contributed by atoms with E-state index in [1.165, 1.54) is 0 Å². The van der Waals surface area contributed by atoms with Crippen LogP contribution in [0.15, 0.2) is 12.2 Å². The Labute approximate surface area is 163 Å². The molecule has 3 unspecified atom stereocenters. The highest BCUT2D eigenvalue weighted by atomic mass is 16.3. The summed E-state index contributed by atoms with van der Waals surface area (Å²) in [6, 6.07) is 0. The number of hydrogen-bond acceptors (Lipinski definition) is 5. The normalized spacial score (nSPS) is 25.2. The lowest BCUT2D eigenvalue weighted by molar-refractivity contribution is -0.122. The second-order valence-electron chi connectivity index (χ2n) is 8.30. The van der Waals surface area contributed by atoms with Crippen LogP contribution in [-0.2, 0) is 9.59 Å². The van der Waals surface area contributed by atoms with Crippen LogP contribution in [0.2, 0.25) is 0 Å². The molecule has 0 aromatic heterocycles. The molecule has 5 heteroatoms. The molecule has 1 aliphatic carbocycles. The SMILES string of the molecule is CCCC[C@](C)(O)CC=CC1C(O)CC(=O)C1CCCCCCC(=O)CO. The van der Waals surface area contributed by atoms with Crippen LogP contribution in [0, 0.1) is 11.8 Å². The number of ketones is 2. The second kappa shape index (κ2) is 12.4. The van der Waals surface area contributed by atoms with Gasteiger partial charge in [0.25, 0.3) is 0 Å². The Balaban J connectivity index is 2.42. The molecule has 3 N–H and O–H groups in total. The summed E-state index contributed by atoms with van der Waals surface area (Å²) in [6.07, 6.45) is 11.5. The van der Waals surface area contributed by atoms with E-state index in [2.05, 4.69) is 6.92 Å². The van der Waals surface area contributed by atoms with E-state index in [-0.39, 0.29) is 36.4 Å². The van der Waals surface area contributed by atoms with E-state index in [1.54, 1.807) is 0 Å². The van der Waals surface area contributed by atoms with Gasteiger partial charge in [-0.3, -0.25) is 9.59 Å². The fourth-order valence-electron chi connectivity index (χ4n) is 3.85. The summed E-state index contributed by atoms with van der Waals surface area (Å²) < 4.78 is 0. The number of aliphatic hydroxyl groups excluding tert-OH is 2. The summed E-state index contributed by atoms with van der Waals surface area (Å²) in [7, 11) is 0. The van der Waals surface area contributed by atoms with Crippen LogP contribution in [0.1, 0.15) is 84.5 Å². The van der Waals surface area contributed by atoms with E-state index < -0.39 is 11.7 Å². The molecule has 4 atom stereocenters. The Kier molecular flexibility index (Phi) is 11.0. The molecule has 0 saturated heterocycles. The Hall–Kier alpha value is -1.04. The van der Waals surface area contributed by atoms with Crippen molar-refractivity contribution in [3.63, 3.8) is 0 Å². The van der Waals surface area contributed by atoms with Gasteiger partial charge in [0.05, 0.1) is 11.7 Å². The molecule has 0 heterocycles. The first-order valence-electron chi connectivity index (χ1n) is 10.5. The fourth-order valence-corrected chi connectivity index (χ4v) is 3.85. The standard InChI is InChI=1S/C22H38O5/c1-3-4-13-22(2,27)14-9-12-19-18(20(25)15-21(19)26)11-8-6-5-7-10-17(24)16-23/h9,12,18-19,21,23,26-27H,3-8,10-11,13-16H2,1-2H3/t18?,19?,21?,22-/m0/s1. The highest BCUT2D eigenvalue weighted by Gasteiger charge is 2.39. The molecule has 0 aromatic carbocycles. The lowest BCUT2D eigenvalue weighted by Gasteiger charge is -2.22. The quantitative estimate of drug-likeness (QED) is 0.316. The number of rotatable bonds is 14. The van der Waals surface area contributed by atoms with Crippen LogP contribution < -0.4 is 0 Å². The molecule has 1 saturated carbocycles. The second-order valence-corrected chi connectivity index (χ2v) is 8.30. The largest absolute Gasteiger partial charge is 0.392 e. The maximum Gasteiger partial charge on any atom is 0.158 e. The van der Waals surface area contributed by atoms with E-state index >= 15 is 0 Å². The van der Waals surface area contributed by atoms with E-state index in [4.69, 9.17) is 5.11 Å². The number of Topliss-reactive ketones (excluding diaryl/α,β-unsaturated/α-hetero) is 2. The summed E-state index contributed by atoms with van der Waals surface area (Å²) in [4.78, 5) is 23.3. The molecule has 0 amide bonds. The summed E-state index contributed by atoms with van der Waals surface area (Å²) in [5, 5.41) is 29.3. The van der Waals surface area contributed by atoms with Gasteiger partial charge < -0.3 is 15.3 Å². The van der Waals surface area contributed by atoms with Crippen molar-refractivity contribution in [3.05, 3.63) is 12.2 Å². The van der Waals surface area contributed by atoms with Crippen LogP contribution in [-0.4, -0.2) is 45.2 Å². The highest BCUT2D eigenvalue weighted by molar-refractivity contribution is 5.84. The maximum atomic E-state index is 12.2. The minimum atomic E-state index is -0.735. The van der Waals surface area contributed by atoms with Crippen LogP contribution in [0.3, 0.4) is 0 Å². The molecule has 0 spiro atoms. The molecule has 1 fully saturated rings. The molecule has 156 valence electrons. The molecule has 0 bridgehead atoms. The number of carbonyl (C=O) groups excluding carboxylic acids is 2. The maximum absolute atomic E-state index is 12.2. The zero-order valence-corrected chi connectivity index (χ0v) is 17.0. The van der Waals surface area contributed by atoms with Crippen LogP contribution >= 0.6 is 0 Å². The molecule has 5 nitrogen and oxygen atoms in total. The number of aliphatic hydroxyl groups is 3. The van der Waals surface area contributed by atoms with Crippen molar-refractivity contribution < 1.29 is 24.9 Å². The summed E-state index contributed by atoms with van der Waals surface area (Å²) in [5.41, 5.74) is -0.735. The Morgan fingerprint density at radius 3 is 2.59 bits per heavy atom. The van der Waals surface area contributed by atoms with Crippen LogP contribution in [0.5, 0.6) is 0 Å². The van der Waals surface area contributed by atoms with Gasteiger partial charge in [-0.05, 0) is 32.6 Å². The number of hydrogen-bond donors (Lipinski definition) is 3. The zero-order valence-electron chi connectivity index (χ0n) is 17.0. The van der Waals surface area contributed by atoms with Gasteiger partial charge in [-0.2, -0.15) is 0 Å². The first-order valence-corrected chi connectivity index (χ1v) is 10.5. The third-order valence-corrected chi connectivity index (χ3v) is 5.61. The molecular formula is C22H38O5. The van der Waals surface area contributed by atoms with Crippen molar-refractivity contribution in [2.24, 2.45) is 11.8 Å². The zero-order chi connectivity index (χ0) is 20.3. The van der Waals surface area contributed by atoms with Crippen LogP contribution in [0.4, 0.5) is 0 Å². The molecule has 1 rings (SSSR count). The topological polar surface area (TPSA) is 94.8 Å². The van der Waals surface area contributed by atoms with E-state index in [0.717, 1.165) is 51.4 Å². The lowest BCUT2D eigenvalue weighted by atomic mass is 9.87. The van der Waals surface area contributed by atoms with Crippen molar-refractivity contribution in [1.82, 2.24) is 0 Å². The number of unbranched alkanes of at least 4 members (excludes halogenated alkanes) is 4.